The normalized spacial score (nSPS) is 10.4. The average molecular weight is 506 g/mol. The van der Waals surface area contributed by atoms with Gasteiger partial charge in [0.15, 0.2) is 0 Å². The number of ether oxygens (including phenoxy) is 2. The topological polar surface area (TPSA) is 125 Å². The van der Waals surface area contributed by atoms with Crippen LogP contribution in [0.4, 0.5) is 5.69 Å². The fraction of sp³-hybridized carbons (Fsp3) is 0.158. The molecular weight excluding hydrogens is 490 g/mol. The van der Waals surface area contributed by atoms with Gasteiger partial charge in [-0.1, -0.05) is 27.7 Å². The van der Waals surface area contributed by atoms with Gasteiger partial charge in [0.1, 0.15) is 0 Å². The van der Waals surface area contributed by atoms with Gasteiger partial charge in [-0.25, -0.2) is 9.59 Å². The lowest BCUT2D eigenvalue weighted by molar-refractivity contribution is -0.113. The van der Waals surface area contributed by atoms with E-state index in [0.29, 0.717) is 5.16 Å². The molecule has 0 saturated carbocycles. The third kappa shape index (κ3) is 5.67. The van der Waals surface area contributed by atoms with Gasteiger partial charge in [-0.15, -0.1) is 5.10 Å². The number of esters is 2. The Morgan fingerprint density at radius 1 is 1.03 bits per heavy atom. The van der Waals surface area contributed by atoms with E-state index in [4.69, 9.17) is 0 Å². The van der Waals surface area contributed by atoms with Crippen LogP contribution in [0.1, 0.15) is 20.7 Å². The van der Waals surface area contributed by atoms with Crippen molar-refractivity contribution in [1.29, 1.82) is 0 Å². The van der Waals surface area contributed by atoms with Crippen LogP contribution >= 0.6 is 27.7 Å². The zero-order valence-corrected chi connectivity index (χ0v) is 18.8. The molecule has 10 nitrogen and oxygen atoms in total. The largest absolute Gasteiger partial charge is 0.465 e. The molecule has 0 aliphatic rings. The standard InChI is InChI=1S/C19H16BrN5O5S/c1-29-17(27)11-7-12(18(28)30-2)9-14(8-11)21-16(26)10-31-19-22-23-24-25(19)15-5-3-13(20)4-6-15/h3-9H,10H2,1-2H3,(H,21,26). The Balaban J connectivity index is 1.72. The summed E-state index contributed by atoms with van der Waals surface area (Å²) in [6.45, 7) is 0. The molecule has 3 rings (SSSR count). The number of amides is 1. The SMILES string of the molecule is COC(=O)c1cc(NC(=O)CSc2nnnn2-c2ccc(Br)cc2)cc(C(=O)OC)c1. The third-order valence-corrected chi connectivity index (χ3v) is 5.35. The second kappa shape index (κ2) is 10.2. The van der Waals surface area contributed by atoms with Gasteiger partial charge < -0.3 is 14.8 Å². The number of rotatable bonds is 7. The minimum atomic E-state index is -0.649. The highest BCUT2D eigenvalue weighted by molar-refractivity contribution is 9.10. The first-order valence-corrected chi connectivity index (χ1v) is 10.5. The van der Waals surface area contributed by atoms with E-state index in [0.717, 1.165) is 21.9 Å². The van der Waals surface area contributed by atoms with Crippen molar-refractivity contribution in [3.63, 3.8) is 0 Å². The molecule has 1 heterocycles. The summed E-state index contributed by atoms with van der Waals surface area (Å²) in [5.41, 5.74) is 1.20. The summed E-state index contributed by atoms with van der Waals surface area (Å²) in [4.78, 5) is 36.2. The fourth-order valence-electron chi connectivity index (χ4n) is 2.51. The lowest BCUT2D eigenvalue weighted by Crippen LogP contribution is -2.16. The number of nitrogens with zero attached hydrogens (tertiary/aromatic N) is 4. The van der Waals surface area contributed by atoms with E-state index in [2.05, 4.69) is 46.2 Å². The van der Waals surface area contributed by atoms with Gasteiger partial charge >= 0.3 is 11.9 Å². The summed E-state index contributed by atoms with van der Waals surface area (Å²) in [6.07, 6.45) is 0. The molecule has 1 N–H and O–H groups in total. The van der Waals surface area contributed by atoms with Gasteiger partial charge in [0, 0.05) is 10.2 Å². The Morgan fingerprint density at radius 2 is 1.65 bits per heavy atom. The molecule has 12 heteroatoms. The molecule has 0 atom stereocenters. The van der Waals surface area contributed by atoms with Crippen molar-refractivity contribution in [3.05, 3.63) is 58.1 Å². The maximum absolute atomic E-state index is 12.5. The lowest BCUT2D eigenvalue weighted by atomic mass is 10.1. The summed E-state index contributed by atoms with van der Waals surface area (Å²) in [6, 6.07) is 11.5. The maximum Gasteiger partial charge on any atom is 0.337 e. The molecule has 3 aromatic rings. The Bertz CT molecular complexity index is 1080. The highest BCUT2D eigenvalue weighted by Gasteiger charge is 2.16. The van der Waals surface area contributed by atoms with Gasteiger partial charge in [-0.05, 0) is 52.9 Å². The second-order valence-corrected chi connectivity index (χ2v) is 7.83. The number of halogens is 1. The summed E-state index contributed by atoms with van der Waals surface area (Å²) in [5, 5.41) is 14.6. The summed E-state index contributed by atoms with van der Waals surface area (Å²) < 4.78 is 11.8. The number of anilines is 1. The number of thioether (sulfide) groups is 1. The molecule has 1 amide bonds. The monoisotopic (exact) mass is 505 g/mol. The predicted octanol–water partition coefficient (Wildman–Crippen LogP) is 2.73. The molecule has 1 aromatic heterocycles. The van der Waals surface area contributed by atoms with Gasteiger partial charge in [0.25, 0.3) is 0 Å². The van der Waals surface area contributed by atoms with Crippen LogP contribution < -0.4 is 5.32 Å². The predicted molar refractivity (Wildman–Crippen MR) is 115 cm³/mol. The van der Waals surface area contributed by atoms with E-state index >= 15 is 0 Å². The number of methoxy groups -OCH3 is 2. The van der Waals surface area contributed by atoms with Crippen LogP contribution in [0, 0.1) is 0 Å². The maximum atomic E-state index is 12.5. The van der Waals surface area contributed by atoms with Crippen molar-refractivity contribution >= 4 is 51.2 Å². The smallest absolute Gasteiger partial charge is 0.337 e. The van der Waals surface area contributed by atoms with Crippen LogP contribution in [0.5, 0.6) is 0 Å². The molecule has 0 spiro atoms. The lowest BCUT2D eigenvalue weighted by Gasteiger charge is -2.09. The van der Waals surface area contributed by atoms with E-state index in [1.54, 1.807) is 0 Å². The molecule has 0 radical (unpaired) electrons. The Hall–Kier alpha value is -3.25. The van der Waals surface area contributed by atoms with Crippen molar-refractivity contribution in [2.75, 3.05) is 25.3 Å². The van der Waals surface area contributed by atoms with Crippen LogP contribution in [0.3, 0.4) is 0 Å². The van der Waals surface area contributed by atoms with Crippen molar-refractivity contribution < 1.29 is 23.9 Å². The van der Waals surface area contributed by atoms with E-state index in [9.17, 15) is 14.4 Å². The second-order valence-electron chi connectivity index (χ2n) is 5.97. The molecule has 0 bridgehead atoms. The zero-order valence-electron chi connectivity index (χ0n) is 16.4. The summed E-state index contributed by atoms with van der Waals surface area (Å²) in [5.74, 6) is -1.69. The molecule has 0 aliphatic carbocycles. The van der Waals surface area contributed by atoms with Gasteiger partial charge in [0.05, 0.1) is 36.8 Å². The Labute approximate surface area is 189 Å². The number of aromatic nitrogens is 4. The number of carbonyl (C=O) groups is 3. The van der Waals surface area contributed by atoms with Crippen LogP contribution in [0.2, 0.25) is 0 Å². The number of hydrogen-bond acceptors (Lipinski definition) is 9. The van der Waals surface area contributed by atoms with Crippen LogP contribution in [0.15, 0.2) is 52.1 Å². The molecule has 2 aromatic carbocycles. The first-order chi connectivity index (χ1) is 14.9. The number of benzene rings is 2. The first-order valence-electron chi connectivity index (χ1n) is 8.70. The highest BCUT2D eigenvalue weighted by Crippen LogP contribution is 2.21. The van der Waals surface area contributed by atoms with E-state index in [1.165, 1.54) is 37.1 Å². The minimum absolute atomic E-state index is 0.00703. The average Bonchev–Trinajstić information content (AvgIpc) is 3.25. The molecule has 0 unspecified atom stereocenters. The quantitative estimate of drug-likeness (QED) is 0.380. The number of hydrogen-bond donors (Lipinski definition) is 1. The van der Waals surface area contributed by atoms with Crippen LogP contribution in [-0.2, 0) is 14.3 Å². The van der Waals surface area contributed by atoms with Crippen molar-refractivity contribution in [2.24, 2.45) is 0 Å². The van der Waals surface area contributed by atoms with E-state index in [-0.39, 0.29) is 28.5 Å². The van der Waals surface area contributed by atoms with Crippen molar-refractivity contribution in [2.45, 2.75) is 5.16 Å². The highest BCUT2D eigenvalue weighted by atomic mass is 79.9. The van der Waals surface area contributed by atoms with E-state index in [1.807, 2.05) is 24.3 Å². The first kappa shape index (κ1) is 22.4. The molecular formula is C19H16BrN5O5S. The van der Waals surface area contributed by atoms with Crippen LogP contribution in [-0.4, -0.2) is 58.0 Å². The number of carbonyl (C=O) groups excluding carboxylic acids is 3. The van der Waals surface area contributed by atoms with Crippen molar-refractivity contribution in [1.82, 2.24) is 20.2 Å². The molecule has 160 valence electrons. The van der Waals surface area contributed by atoms with Gasteiger partial charge in [-0.3, -0.25) is 4.79 Å². The third-order valence-electron chi connectivity index (χ3n) is 3.90. The van der Waals surface area contributed by atoms with E-state index < -0.39 is 11.9 Å². The number of tetrazole rings is 1. The number of nitrogens with one attached hydrogen (secondary N) is 1. The molecule has 0 fully saturated rings. The summed E-state index contributed by atoms with van der Waals surface area (Å²) >= 11 is 4.50. The van der Waals surface area contributed by atoms with Gasteiger partial charge in [-0.2, -0.15) is 4.68 Å². The molecule has 0 saturated heterocycles. The fourth-order valence-corrected chi connectivity index (χ4v) is 3.47. The van der Waals surface area contributed by atoms with Gasteiger partial charge in [0.2, 0.25) is 11.1 Å². The molecule has 0 aliphatic heterocycles. The Kier molecular flexibility index (Phi) is 7.36. The zero-order chi connectivity index (χ0) is 22.4. The minimum Gasteiger partial charge on any atom is -0.465 e. The Morgan fingerprint density at radius 3 is 2.23 bits per heavy atom. The van der Waals surface area contributed by atoms with Crippen molar-refractivity contribution in [3.8, 4) is 5.69 Å². The summed E-state index contributed by atoms with van der Waals surface area (Å²) in [7, 11) is 2.44. The molecule has 31 heavy (non-hydrogen) atoms. The van der Waals surface area contributed by atoms with Crippen LogP contribution in [0.25, 0.3) is 5.69 Å².